The minimum Gasteiger partial charge on any atom is -0.330 e. The van der Waals surface area contributed by atoms with Crippen LogP contribution >= 0.6 is 23.2 Å². The monoisotopic (exact) mass is 300 g/mol. The molecular formula is C10H9Cl2F3N2O. The molecule has 1 aromatic heterocycles. The Bertz CT molecular complexity index is 451. The van der Waals surface area contributed by atoms with Gasteiger partial charge in [0.2, 0.25) is 0 Å². The maximum atomic E-state index is 12.3. The van der Waals surface area contributed by atoms with E-state index < -0.39 is 18.6 Å². The molecule has 0 fully saturated rings. The van der Waals surface area contributed by atoms with Crippen molar-refractivity contribution in [3.05, 3.63) is 28.0 Å². The first-order valence-corrected chi connectivity index (χ1v) is 5.68. The molecule has 18 heavy (non-hydrogen) atoms. The molecule has 0 saturated carbocycles. The van der Waals surface area contributed by atoms with Gasteiger partial charge in [-0.25, -0.2) is 4.98 Å². The summed E-state index contributed by atoms with van der Waals surface area (Å²) in [6, 6.07) is 2.54. The third-order valence-corrected chi connectivity index (χ3v) is 2.58. The van der Waals surface area contributed by atoms with E-state index >= 15 is 0 Å². The Hall–Kier alpha value is -1.01. The summed E-state index contributed by atoms with van der Waals surface area (Å²) in [6.45, 7) is 0.0273. The molecule has 1 rings (SSSR count). The van der Waals surface area contributed by atoms with Gasteiger partial charge in [0, 0.05) is 6.54 Å². The van der Waals surface area contributed by atoms with Gasteiger partial charge in [-0.1, -0.05) is 23.2 Å². The van der Waals surface area contributed by atoms with Crippen molar-refractivity contribution in [1.29, 1.82) is 0 Å². The molecule has 8 heteroatoms. The SMILES string of the molecule is CCN(CC(F)(F)F)C(=O)c1ccc(Cl)nc1Cl. The predicted octanol–water partition coefficient (Wildman–Crippen LogP) is 3.41. The van der Waals surface area contributed by atoms with E-state index in [0.29, 0.717) is 4.90 Å². The summed E-state index contributed by atoms with van der Waals surface area (Å²) >= 11 is 11.2. The zero-order valence-electron chi connectivity index (χ0n) is 9.26. The predicted molar refractivity (Wildman–Crippen MR) is 61.9 cm³/mol. The highest BCUT2D eigenvalue weighted by Gasteiger charge is 2.33. The van der Waals surface area contributed by atoms with Crippen molar-refractivity contribution in [2.24, 2.45) is 0 Å². The highest BCUT2D eigenvalue weighted by atomic mass is 35.5. The lowest BCUT2D eigenvalue weighted by Gasteiger charge is -2.22. The summed E-state index contributed by atoms with van der Waals surface area (Å²) in [5, 5.41) is -0.149. The number of alkyl halides is 3. The molecule has 1 amide bonds. The lowest BCUT2D eigenvalue weighted by atomic mass is 10.2. The van der Waals surface area contributed by atoms with Crippen LogP contribution in [0, 0.1) is 0 Å². The molecule has 0 unspecified atom stereocenters. The van der Waals surface area contributed by atoms with Gasteiger partial charge in [-0.05, 0) is 19.1 Å². The van der Waals surface area contributed by atoms with Crippen molar-refractivity contribution in [1.82, 2.24) is 9.88 Å². The van der Waals surface area contributed by atoms with Crippen LogP contribution in [-0.4, -0.2) is 35.1 Å². The number of amides is 1. The van der Waals surface area contributed by atoms with Crippen molar-refractivity contribution in [2.75, 3.05) is 13.1 Å². The minimum absolute atomic E-state index is 0.0652. The van der Waals surface area contributed by atoms with Gasteiger partial charge in [-0.15, -0.1) is 0 Å². The summed E-state index contributed by atoms with van der Waals surface area (Å²) in [5.41, 5.74) is -0.104. The number of carbonyl (C=O) groups excluding carboxylic acids is 1. The van der Waals surface area contributed by atoms with Crippen molar-refractivity contribution in [3.63, 3.8) is 0 Å². The van der Waals surface area contributed by atoms with E-state index in [2.05, 4.69) is 4.98 Å². The van der Waals surface area contributed by atoms with Crippen molar-refractivity contribution < 1.29 is 18.0 Å². The third kappa shape index (κ3) is 4.03. The van der Waals surface area contributed by atoms with Crippen molar-refractivity contribution in [2.45, 2.75) is 13.1 Å². The van der Waals surface area contributed by atoms with Crippen LogP contribution in [0.15, 0.2) is 12.1 Å². The Morgan fingerprint density at radius 2 is 2.00 bits per heavy atom. The van der Waals surface area contributed by atoms with Crippen LogP contribution in [0.25, 0.3) is 0 Å². The highest BCUT2D eigenvalue weighted by molar-refractivity contribution is 6.34. The fraction of sp³-hybridized carbons (Fsp3) is 0.400. The van der Waals surface area contributed by atoms with Gasteiger partial charge in [-0.2, -0.15) is 13.2 Å². The van der Waals surface area contributed by atoms with E-state index in [1.54, 1.807) is 0 Å². The molecule has 0 atom stereocenters. The first-order valence-electron chi connectivity index (χ1n) is 4.92. The molecule has 3 nitrogen and oxygen atoms in total. The average Bonchev–Trinajstić information content (AvgIpc) is 2.24. The molecule has 0 bridgehead atoms. The van der Waals surface area contributed by atoms with Crippen LogP contribution in [0.4, 0.5) is 13.2 Å². The topological polar surface area (TPSA) is 33.2 Å². The number of hydrogen-bond acceptors (Lipinski definition) is 2. The van der Waals surface area contributed by atoms with Crippen LogP contribution in [0.1, 0.15) is 17.3 Å². The Labute approximate surface area is 112 Å². The zero-order chi connectivity index (χ0) is 13.9. The summed E-state index contributed by atoms with van der Waals surface area (Å²) in [4.78, 5) is 16.1. The molecule has 0 aliphatic heterocycles. The third-order valence-electron chi connectivity index (χ3n) is 2.08. The number of pyridine rings is 1. The Kier molecular flexibility index (Phi) is 4.81. The van der Waals surface area contributed by atoms with Crippen LogP contribution < -0.4 is 0 Å². The molecule has 0 aromatic carbocycles. The number of halogens is 5. The second-order valence-electron chi connectivity index (χ2n) is 3.41. The first kappa shape index (κ1) is 15.0. The molecule has 0 radical (unpaired) electrons. The van der Waals surface area contributed by atoms with E-state index in [-0.39, 0.29) is 22.4 Å². The molecule has 0 saturated heterocycles. The number of rotatable bonds is 3. The molecular weight excluding hydrogens is 292 g/mol. The highest BCUT2D eigenvalue weighted by Crippen LogP contribution is 2.21. The van der Waals surface area contributed by atoms with E-state index in [4.69, 9.17) is 23.2 Å². The summed E-state index contributed by atoms with van der Waals surface area (Å²) in [6.07, 6.45) is -4.46. The molecule has 0 N–H and O–H groups in total. The largest absolute Gasteiger partial charge is 0.406 e. The first-order chi connectivity index (χ1) is 8.24. The van der Waals surface area contributed by atoms with Crippen LogP contribution in [0.3, 0.4) is 0 Å². The van der Waals surface area contributed by atoms with Crippen LogP contribution in [0.2, 0.25) is 10.3 Å². The fourth-order valence-corrected chi connectivity index (χ4v) is 1.71. The molecule has 0 aliphatic rings. The smallest absolute Gasteiger partial charge is 0.330 e. The average molecular weight is 301 g/mol. The van der Waals surface area contributed by atoms with Gasteiger partial charge >= 0.3 is 6.18 Å². The van der Waals surface area contributed by atoms with Gasteiger partial charge in [0.05, 0.1) is 5.56 Å². The van der Waals surface area contributed by atoms with Gasteiger partial charge in [0.25, 0.3) is 5.91 Å². The van der Waals surface area contributed by atoms with E-state index in [1.165, 1.54) is 19.1 Å². The quantitative estimate of drug-likeness (QED) is 0.802. The lowest BCUT2D eigenvalue weighted by Crippen LogP contribution is -2.39. The van der Waals surface area contributed by atoms with Crippen molar-refractivity contribution in [3.8, 4) is 0 Å². The standard InChI is InChI=1S/C10H9Cl2F3N2O/c1-2-17(5-10(13,14)15)9(18)6-3-4-7(11)16-8(6)12/h3-4H,2,5H2,1H3. The molecule has 1 aromatic rings. The van der Waals surface area contributed by atoms with Gasteiger partial charge in [-0.3, -0.25) is 4.79 Å². The molecule has 0 aliphatic carbocycles. The summed E-state index contributed by atoms with van der Waals surface area (Å²) < 4.78 is 36.8. The maximum Gasteiger partial charge on any atom is 0.406 e. The van der Waals surface area contributed by atoms with E-state index in [0.717, 1.165) is 0 Å². The maximum absolute atomic E-state index is 12.3. The number of carbonyl (C=O) groups is 1. The van der Waals surface area contributed by atoms with E-state index in [9.17, 15) is 18.0 Å². The summed E-state index contributed by atoms with van der Waals surface area (Å²) in [7, 11) is 0. The Balaban J connectivity index is 2.97. The van der Waals surface area contributed by atoms with Crippen molar-refractivity contribution >= 4 is 29.1 Å². The van der Waals surface area contributed by atoms with Crippen LogP contribution in [0.5, 0.6) is 0 Å². The molecule has 100 valence electrons. The Morgan fingerprint density at radius 3 is 2.44 bits per heavy atom. The van der Waals surface area contributed by atoms with Gasteiger partial charge in [0.1, 0.15) is 16.9 Å². The second-order valence-corrected chi connectivity index (χ2v) is 4.15. The second kappa shape index (κ2) is 5.75. The normalized spacial score (nSPS) is 11.4. The summed E-state index contributed by atoms with van der Waals surface area (Å²) in [5.74, 6) is -0.830. The number of aromatic nitrogens is 1. The molecule has 0 spiro atoms. The Morgan fingerprint density at radius 1 is 1.39 bits per heavy atom. The van der Waals surface area contributed by atoms with Crippen LogP contribution in [-0.2, 0) is 0 Å². The lowest BCUT2D eigenvalue weighted by molar-refractivity contribution is -0.140. The minimum atomic E-state index is -4.46. The van der Waals surface area contributed by atoms with E-state index in [1.807, 2.05) is 0 Å². The fourth-order valence-electron chi connectivity index (χ4n) is 1.29. The van der Waals surface area contributed by atoms with Gasteiger partial charge < -0.3 is 4.90 Å². The van der Waals surface area contributed by atoms with Gasteiger partial charge in [0.15, 0.2) is 0 Å². The number of hydrogen-bond donors (Lipinski definition) is 0. The molecule has 1 heterocycles. The zero-order valence-corrected chi connectivity index (χ0v) is 10.8. The number of nitrogens with zero attached hydrogens (tertiary/aromatic N) is 2.